The molecule has 0 heterocycles. The van der Waals surface area contributed by atoms with Gasteiger partial charge in [0.2, 0.25) is 0 Å². The molecule has 0 bridgehead atoms. The number of aliphatic hydroxyl groups is 1. The summed E-state index contributed by atoms with van der Waals surface area (Å²) in [5.41, 5.74) is 3.25. The highest BCUT2D eigenvalue weighted by molar-refractivity contribution is 6.42. The van der Waals surface area contributed by atoms with Crippen molar-refractivity contribution in [2.75, 3.05) is 0 Å². The monoisotopic (exact) mass is 323 g/mol. The van der Waals surface area contributed by atoms with Gasteiger partial charge in [-0.1, -0.05) is 60.5 Å². The number of nitrogens with one attached hydrogen (secondary N) is 1. The Hall–Kier alpha value is -1.06. The minimum absolute atomic E-state index is 0.0779. The van der Waals surface area contributed by atoms with Crippen LogP contribution in [0.15, 0.2) is 42.5 Å². The lowest BCUT2D eigenvalue weighted by Crippen LogP contribution is -2.20. The summed E-state index contributed by atoms with van der Waals surface area (Å²) in [6, 6.07) is 13.9. The Bertz CT molecular complexity index is 584. The molecule has 4 heteroatoms. The molecule has 2 nitrogen and oxygen atoms in total. The molecule has 0 amide bonds. The van der Waals surface area contributed by atoms with Crippen LogP contribution < -0.4 is 5.32 Å². The standard InChI is InChI=1S/C17H19Cl2NO/c1-2-17(14-7-8-15(18)16(19)9-14)20-10-12-3-5-13(11-21)6-4-12/h3-9,17,20-21H,2,10-11H2,1H3. The first-order chi connectivity index (χ1) is 10.1. The molecular formula is C17H19Cl2NO. The van der Waals surface area contributed by atoms with E-state index in [4.69, 9.17) is 28.3 Å². The largest absolute Gasteiger partial charge is 0.392 e. The van der Waals surface area contributed by atoms with Crippen molar-refractivity contribution in [1.29, 1.82) is 0 Å². The Morgan fingerprint density at radius 1 is 1.00 bits per heavy atom. The maximum atomic E-state index is 9.04. The van der Waals surface area contributed by atoms with Crippen LogP contribution in [0.5, 0.6) is 0 Å². The Morgan fingerprint density at radius 2 is 1.67 bits per heavy atom. The van der Waals surface area contributed by atoms with Crippen molar-refractivity contribution in [1.82, 2.24) is 5.32 Å². The normalized spacial score (nSPS) is 12.4. The third kappa shape index (κ3) is 4.45. The van der Waals surface area contributed by atoms with E-state index in [2.05, 4.69) is 12.2 Å². The molecule has 1 atom stereocenters. The zero-order valence-corrected chi connectivity index (χ0v) is 13.5. The average Bonchev–Trinajstić information content (AvgIpc) is 2.52. The fourth-order valence-corrected chi connectivity index (χ4v) is 2.54. The number of rotatable bonds is 6. The summed E-state index contributed by atoms with van der Waals surface area (Å²) in [5.74, 6) is 0. The van der Waals surface area contributed by atoms with Gasteiger partial charge in [-0.25, -0.2) is 0 Å². The molecule has 0 spiro atoms. The van der Waals surface area contributed by atoms with Crippen molar-refractivity contribution >= 4 is 23.2 Å². The highest BCUT2D eigenvalue weighted by atomic mass is 35.5. The van der Waals surface area contributed by atoms with Gasteiger partial charge in [0.05, 0.1) is 16.7 Å². The molecule has 0 aliphatic heterocycles. The summed E-state index contributed by atoms with van der Waals surface area (Å²) in [5, 5.41) is 13.7. The van der Waals surface area contributed by atoms with E-state index in [1.54, 1.807) is 0 Å². The second kappa shape index (κ2) is 7.81. The molecule has 0 aromatic heterocycles. The maximum Gasteiger partial charge on any atom is 0.0681 e. The summed E-state index contributed by atoms with van der Waals surface area (Å²) in [6.45, 7) is 2.98. The number of hydrogen-bond donors (Lipinski definition) is 2. The molecule has 0 saturated carbocycles. The molecule has 2 N–H and O–H groups in total. The average molecular weight is 324 g/mol. The van der Waals surface area contributed by atoms with Gasteiger partial charge in [-0.3, -0.25) is 0 Å². The highest BCUT2D eigenvalue weighted by Crippen LogP contribution is 2.27. The second-order valence-electron chi connectivity index (χ2n) is 4.99. The second-order valence-corrected chi connectivity index (χ2v) is 5.80. The van der Waals surface area contributed by atoms with Gasteiger partial charge < -0.3 is 10.4 Å². The Labute approximate surface area is 135 Å². The lowest BCUT2D eigenvalue weighted by molar-refractivity contribution is 0.282. The Kier molecular flexibility index (Phi) is 6.07. The van der Waals surface area contributed by atoms with E-state index in [-0.39, 0.29) is 12.6 Å². The minimum atomic E-state index is 0.0779. The molecule has 2 aromatic rings. The van der Waals surface area contributed by atoms with Crippen LogP contribution in [0.25, 0.3) is 0 Å². The van der Waals surface area contributed by atoms with Crippen molar-refractivity contribution in [3.8, 4) is 0 Å². The van der Waals surface area contributed by atoms with Gasteiger partial charge in [0.15, 0.2) is 0 Å². The smallest absolute Gasteiger partial charge is 0.0681 e. The highest BCUT2D eigenvalue weighted by Gasteiger charge is 2.10. The molecular weight excluding hydrogens is 305 g/mol. The van der Waals surface area contributed by atoms with E-state index >= 15 is 0 Å². The first-order valence-electron chi connectivity index (χ1n) is 7.01. The van der Waals surface area contributed by atoms with Crippen LogP contribution in [0.4, 0.5) is 0 Å². The number of halogens is 2. The summed E-state index contributed by atoms with van der Waals surface area (Å²) in [7, 11) is 0. The quantitative estimate of drug-likeness (QED) is 0.805. The van der Waals surface area contributed by atoms with E-state index in [0.717, 1.165) is 24.1 Å². The molecule has 2 rings (SSSR count). The lowest BCUT2D eigenvalue weighted by atomic mass is 10.0. The van der Waals surface area contributed by atoms with E-state index in [1.807, 2.05) is 42.5 Å². The van der Waals surface area contributed by atoms with Crippen molar-refractivity contribution in [3.05, 3.63) is 69.2 Å². The number of benzene rings is 2. The van der Waals surface area contributed by atoms with Crippen LogP contribution in [0.3, 0.4) is 0 Å². The number of hydrogen-bond acceptors (Lipinski definition) is 2. The van der Waals surface area contributed by atoms with Gasteiger partial charge in [-0.15, -0.1) is 0 Å². The SMILES string of the molecule is CCC(NCc1ccc(CO)cc1)c1ccc(Cl)c(Cl)c1. The van der Waals surface area contributed by atoms with Gasteiger partial charge in [-0.05, 0) is 35.2 Å². The van der Waals surface area contributed by atoms with Crippen LogP contribution >= 0.6 is 23.2 Å². The fraction of sp³-hybridized carbons (Fsp3) is 0.294. The molecule has 2 aromatic carbocycles. The van der Waals surface area contributed by atoms with Crippen LogP contribution in [-0.2, 0) is 13.2 Å². The van der Waals surface area contributed by atoms with Crippen molar-refractivity contribution in [3.63, 3.8) is 0 Å². The molecule has 0 radical (unpaired) electrons. The molecule has 1 unspecified atom stereocenters. The molecule has 0 saturated heterocycles. The third-order valence-corrected chi connectivity index (χ3v) is 4.25. The maximum absolute atomic E-state index is 9.04. The first kappa shape index (κ1) is 16.3. The van der Waals surface area contributed by atoms with E-state index in [0.29, 0.717) is 10.0 Å². The van der Waals surface area contributed by atoms with Gasteiger partial charge >= 0.3 is 0 Å². The van der Waals surface area contributed by atoms with Gasteiger partial charge in [0, 0.05) is 12.6 Å². The Balaban J connectivity index is 2.02. The fourth-order valence-electron chi connectivity index (χ4n) is 2.23. The van der Waals surface area contributed by atoms with E-state index in [9.17, 15) is 0 Å². The van der Waals surface area contributed by atoms with Crippen molar-refractivity contribution in [2.24, 2.45) is 0 Å². The summed E-state index contributed by atoms with van der Waals surface area (Å²) >= 11 is 12.0. The van der Waals surface area contributed by atoms with E-state index in [1.165, 1.54) is 5.56 Å². The summed E-state index contributed by atoms with van der Waals surface area (Å²) in [4.78, 5) is 0. The zero-order valence-electron chi connectivity index (χ0n) is 11.9. The first-order valence-corrected chi connectivity index (χ1v) is 7.76. The van der Waals surface area contributed by atoms with Crippen LogP contribution in [-0.4, -0.2) is 5.11 Å². The molecule has 21 heavy (non-hydrogen) atoms. The Morgan fingerprint density at radius 3 is 2.24 bits per heavy atom. The summed E-state index contributed by atoms with van der Waals surface area (Å²) in [6.07, 6.45) is 0.965. The van der Waals surface area contributed by atoms with Crippen LogP contribution in [0.2, 0.25) is 10.0 Å². The predicted octanol–water partition coefficient (Wildman–Crippen LogP) is 4.73. The lowest BCUT2D eigenvalue weighted by Gasteiger charge is -2.18. The minimum Gasteiger partial charge on any atom is -0.392 e. The molecule has 0 aliphatic carbocycles. The molecule has 0 fully saturated rings. The number of aliphatic hydroxyl groups excluding tert-OH is 1. The molecule has 0 aliphatic rings. The third-order valence-electron chi connectivity index (χ3n) is 3.51. The zero-order chi connectivity index (χ0) is 15.2. The van der Waals surface area contributed by atoms with E-state index < -0.39 is 0 Å². The van der Waals surface area contributed by atoms with Gasteiger partial charge in [0.25, 0.3) is 0 Å². The van der Waals surface area contributed by atoms with Crippen molar-refractivity contribution in [2.45, 2.75) is 32.5 Å². The summed E-state index contributed by atoms with van der Waals surface area (Å²) < 4.78 is 0. The van der Waals surface area contributed by atoms with Gasteiger partial charge in [-0.2, -0.15) is 0 Å². The van der Waals surface area contributed by atoms with Crippen LogP contribution in [0, 0.1) is 0 Å². The predicted molar refractivity (Wildman–Crippen MR) is 88.7 cm³/mol. The van der Waals surface area contributed by atoms with Gasteiger partial charge in [0.1, 0.15) is 0 Å². The topological polar surface area (TPSA) is 32.3 Å². The van der Waals surface area contributed by atoms with Crippen molar-refractivity contribution < 1.29 is 5.11 Å². The molecule has 112 valence electrons. The van der Waals surface area contributed by atoms with Crippen LogP contribution in [0.1, 0.15) is 36.1 Å².